The van der Waals surface area contributed by atoms with E-state index in [0.29, 0.717) is 5.69 Å². The number of rotatable bonds is 5. The second kappa shape index (κ2) is 5.97. The molecule has 0 saturated heterocycles. The highest BCUT2D eigenvalue weighted by Gasteiger charge is 2.20. The first kappa shape index (κ1) is 15.1. The second-order valence-corrected chi connectivity index (χ2v) is 6.65. The van der Waals surface area contributed by atoms with Crippen molar-refractivity contribution >= 4 is 15.8 Å². The number of H-pyrrole nitrogens is 1. The van der Waals surface area contributed by atoms with Crippen LogP contribution in [0.3, 0.4) is 0 Å². The van der Waals surface area contributed by atoms with E-state index in [1.807, 2.05) is 43.3 Å². The molecule has 0 saturated carbocycles. The van der Waals surface area contributed by atoms with E-state index in [4.69, 9.17) is 5.26 Å². The molecular weight excluding hydrogens is 288 g/mol. The van der Waals surface area contributed by atoms with E-state index in [-0.39, 0.29) is 23.1 Å². The number of nitrogens with one attached hydrogen (secondary N) is 2. The van der Waals surface area contributed by atoms with Crippen LogP contribution in [0, 0.1) is 18.3 Å². The van der Waals surface area contributed by atoms with E-state index >= 15 is 0 Å². The molecule has 0 aliphatic carbocycles. The standard InChI is InChI=1S/C14H16N4O2S/c1-10(12-6-4-3-5-7-12)9-21(19,20)18-14-13(8-15)11(2)16-17-14/h3-7,10H,9H2,1-2H3,(H2,16,17,18)/t10-/m1/s1. The van der Waals surface area contributed by atoms with Gasteiger partial charge in [0.1, 0.15) is 11.6 Å². The maximum Gasteiger partial charge on any atom is 0.234 e. The number of nitriles is 1. The molecule has 1 atom stereocenters. The number of benzene rings is 1. The zero-order valence-electron chi connectivity index (χ0n) is 11.8. The molecule has 1 aromatic carbocycles. The third kappa shape index (κ3) is 3.61. The molecular formula is C14H16N4O2S. The van der Waals surface area contributed by atoms with Crippen molar-refractivity contribution in [3.05, 3.63) is 47.2 Å². The zero-order valence-corrected chi connectivity index (χ0v) is 12.6. The van der Waals surface area contributed by atoms with Gasteiger partial charge in [-0.15, -0.1) is 0 Å². The quantitative estimate of drug-likeness (QED) is 0.884. The Labute approximate surface area is 123 Å². The van der Waals surface area contributed by atoms with E-state index in [2.05, 4.69) is 14.9 Å². The van der Waals surface area contributed by atoms with Crippen LogP contribution in [0.1, 0.15) is 29.7 Å². The monoisotopic (exact) mass is 304 g/mol. The van der Waals surface area contributed by atoms with Gasteiger partial charge >= 0.3 is 0 Å². The third-order valence-corrected chi connectivity index (χ3v) is 4.59. The number of aromatic amines is 1. The minimum absolute atomic E-state index is 0.0512. The lowest BCUT2D eigenvalue weighted by atomic mass is 10.0. The van der Waals surface area contributed by atoms with E-state index in [1.165, 1.54) is 0 Å². The average Bonchev–Trinajstić information content (AvgIpc) is 2.78. The molecule has 2 aromatic rings. The first-order valence-corrected chi connectivity index (χ1v) is 8.08. The summed E-state index contributed by atoms with van der Waals surface area (Å²) in [6.07, 6.45) is 0. The summed E-state index contributed by atoms with van der Waals surface area (Å²) in [4.78, 5) is 0. The van der Waals surface area contributed by atoms with Gasteiger partial charge in [-0.1, -0.05) is 37.3 Å². The normalized spacial score (nSPS) is 12.6. The first-order valence-electron chi connectivity index (χ1n) is 6.43. The van der Waals surface area contributed by atoms with Gasteiger partial charge in [0.2, 0.25) is 10.0 Å². The number of nitrogens with zero attached hydrogens (tertiary/aromatic N) is 2. The molecule has 0 fully saturated rings. The summed E-state index contributed by atoms with van der Waals surface area (Å²) in [5.74, 6) is -0.183. The number of aryl methyl sites for hydroxylation is 1. The van der Waals surface area contributed by atoms with Crippen molar-refractivity contribution in [3.63, 3.8) is 0 Å². The van der Waals surface area contributed by atoms with Crippen molar-refractivity contribution < 1.29 is 8.42 Å². The minimum Gasteiger partial charge on any atom is -0.279 e. The van der Waals surface area contributed by atoms with Gasteiger partial charge in [-0.25, -0.2) is 8.42 Å². The summed E-state index contributed by atoms with van der Waals surface area (Å²) in [7, 11) is -3.58. The molecule has 0 amide bonds. The number of sulfonamides is 1. The molecule has 1 heterocycles. The Morgan fingerprint density at radius 3 is 2.67 bits per heavy atom. The van der Waals surface area contributed by atoms with Gasteiger partial charge in [0.05, 0.1) is 11.4 Å². The maximum atomic E-state index is 12.2. The highest BCUT2D eigenvalue weighted by molar-refractivity contribution is 7.92. The molecule has 7 heteroatoms. The molecule has 0 unspecified atom stereocenters. The summed E-state index contributed by atoms with van der Waals surface area (Å²) in [5, 5.41) is 15.4. The van der Waals surface area contributed by atoms with Crippen molar-refractivity contribution in [2.75, 3.05) is 10.5 Å². The molecule has 2 N–H and O–H groups in total. The zero-order chi connectivity index (χ0) is 15.5. The van der Waals surface area contributed by atoms with Crippen LogP contribution in [0.2, 0.25) is 0 Å². The Bertz CT molecular complexity index is 760. The number of anilines is 1. The Hall–Kier alpha value is -2.33. The van der Waals surface area contributed by atoms with Crippen molar-refractivity contribution in [2.45, 2.75) is 19.8 Å². The van der Waals surface area contributed by atoms with Crippen LogP contribution in [0.15, 0.2) is 30.3 Å². The number of aromatic nitrogens is 2. The molecule has 0 radical (unpaired) electrons. The Kier molecular flexibility index (Phi) is 4.29. The van der Waals surface area contributed by atoms with Crippen LogP contribution in [0.25, 0.3) is 0 Å². The predicted molar refractivity (Wildman–Crippen MR) is 80.3 cm³/mol. The van der Waals surface area contributed by atoms with Crippen molar-refractivity contribution in [1.82, 2.24) is 10.2 Å². The molecule has 21 heavy (non-hydrogen) atoms. The fourth-order valence-corrected chi connectivity index (χ4v) is 3.41. The number of hydrogen-bond donors (Lipinski definition) is 2. The Morgan fingerprint density at radius 1 is 1.38 bits per heavy atom. The lowest BCUT2D eigenvalue weighted by molar-refractivity contribution is 0.595. The van der Waals surface area contributed by atoms with E-state index in [1.54, 1.807) is 6.92 Å². The van der Waals surface area contributed by atoms with Crippen LogP contribution in [0.5, 0.6) is 0 Å². The maximum absolute atomic E-state index is 12.2. The molecule has 0 aliphatic rings. The van der Waals surface area contributed by atoms with Gasteiger partial charge in [-0.05, 0) is 18.4 Å². The molecule has 6 nitrogen and oxygen atoms in total. The lowest BCUT2D eigenvalue weighted by Gasteiger charge is -2.12. The molecule has 110 valence electrons. The predicted octanol–water partition coefficient (Wildman–Crippen LogP) is 2.14. The fraction of sp³-hybridized carbons (Fsp3) is 0.286. The summed E-state index contributed by atoms with van der Waals surface area (Å²) in [6.45, 7) is 3.51. The fourth-order valence-electron chi connectivity index (χ4n) is 2.04. The largest absolute Gasteiger partial charge is 0.279 e. The van der Waals surface area contributed by atoms with Gasteiger partial charge in [0, 0.05) is 0 Å². The average molecular weight is 304 g/mol. The van der Waals surface area contributed by atoms with Crippen LogP contribution in [0.4, 0.5) is 5.82 Å². The van der Waals surface area contributed by atoms with Crippen molar-refractivity contribution in [2.24, 2.45) is 0 Å². The summed E-state index contributed by atoms with van der Waals surface area (Å²) in [6, 6.07) is 11.3. The highest BCUT2D eigenvalue weighted by atomic mass is 32.2. The van der Waals surface area contributed by atoms with Crippen LogP contribution in [-0.2, 0) is 10.0 Å². The first-order chi connectivity index (χ1) is 9.93. The topological polar surface area (TPSA) is 98.6 Å². The van der Waals surface area contributed by atoms with E-state index in [0.717, 1.165) is 5.56 Å². The second-order valence-electron chi connectivity index (χ2n) is 4.88. The Morgan fingerprint density at radius 2 is 2.05 bits per heavy atom. The van der Waals surface area contributed by atoms with Crippen LogP contribution in [-0.4, -0.2) is 24.4 Å². The third-order valence-electron chi connectivity index (χ3n) is 3.15. The van der Waals surface area contributed by atoms with Crippen LogP contribution < -0.4 is 4.72 Å². The van der Waals surface area contributed by atoms with Crippen molar-refractivity contribution in [1.29, 1.82) is 5.26 Å². The van der Waals surface area contributed by atoms with E-state index in [9.17, 15) is 8.42 Å². The van der Waals surface area contributed by atoms with Gasteiger partial charge in [-0.2, -0.15) is 10.4 Å². The number of hydrogen-bond acceptors (Lipinski definition) is 4. The van der Waals surface area contributed by atoms with Gasteiger partial charge in [0.25, 0.3) is 0 Å². The molecule has 0 bridgehead atoms. The lowest BCUT2D eigenvalue weighted by Crippen LogP contribution is -2.21. The van der Waals surface area contributed by atoms with Crippen molar-refractivity contribution in [3.8, 4) is 6.07 Å². The van der Waals surface area contributed by atoms with Gasteiger partial charge in [-0.3, -0.25) is 9.82 Å². The van der Waals surface area contributed by atoms with Gasteiger partial charge < -0.3 is 0 Å². The van der Waals surface area contributed by atoms with E-state index < -0.39 is 10.0 Å². The van der Waals surface area contributed by atoms with Gasteiger partial charge in [0.15, 0.2) is 5.82 Å². The summed E-state index contributed by atoms with van der Waals surface area (Å²) in [5.41, 5.74) is 1.69. The summed E-state index contributed by atoms with van der Waals surface area (Å²) >= 11 is 0. The van der Waals surface area contributed by atoms with Crippen LogP contribution >= 0.6 is 0 Å². The smallest absolute Gasteiger partial charge is 0.234 e. The Balaban J connectivity index is 2.14. The molecule has 1 aromatic heterocycles. The highest BCUT2D eigenvalue weighted by Crippen LogP contribution is 2.20. The molecule has 2 rings (SSSR count). The summed E-state index contributed by atoms with van der Waals surface area (Å²) < 4.78 is 26.7. The molecule has 0 aliphatic heterocycles. The molecule has 0 spiro atoms. The minimum atomic E-state index is -3.58. The SMILES string of the molecule is Cc1[nH]nc(NS(=O)(=O)C[C@@H](C)c2ccccc2)c1C#N.